The van der Waals surface area contributed by atoms with Crippen LogP contribution in [-0.4, -0.2) is 5.78 Å². The van der Waals surface area contributed by atoms with Crippen LogP contribution in [0.15, 0.2) is 36.4 Å². The van der Waals surface area contributed by atoms with E-state index in [9.17, 15) is 4.79 Å². The second-order valence-electron chi connectivity index (χ2n) is 5.04. The predicted molar refractivity (Wildman–Crippen MR) is 85.0 cm³/mol. The molecule has 0 atom stereocenters. The minimum atomic E-state index is 0.0471. The molecule has 20 heavy (non-hydrogen) atoms. The van der Waals surface area contributed by atoms with Crippen molar-refractivity contribution in [2.24, 2.45) is 0 Å². The number of ketones is 1. The Kier molecular flexibility index (Phi) is 4.85. The van der Waals surface area contributed by atoms with E-state index in [-0.39, 0.29) is 5.78 Å². The van der Waals surface area contributed by atoms with E-state index in [0.29, 0.717) is 22.0 Å². The summed E-state index contributed by atoms with van der Waals surface area (Å²) in [6.45, 7) is 4.13. The molecule has 0 aliphatic heterocycles. The van der Waals surface area contributed by atoms with Crippen molar-refractivity contribution >= 4 is 29.0 Å². The summed E-state index contributed by atoms with van der Waals surface area (Å²) < 4.78 is 0. The molecule has 0 saturated heterocycles. The third-order valence-corrected chi connectivity index (χ3v) is 3.70. The summed E-state index contributed by atoms with van der Waals surface area (Å²) in [5.41, 5.74) is 4.16. The van der Waals surface area contributed by atoms with E-state index in [0.717, 1.165) is 6.42 Å². The number of hydrogen-bond donors (Lipinski definition) is 0. The summed E-state index contributed by atoms with van der Waals surface area (Å²) in [6.07, 6.45) is 1.17. The molecular formula is C17H16Cl2O. The maximum absolute atomic E-state index is 12.2. The van der Waals surface area contributed by atoms with Crippen molar-refractivity contribution in [3.05, 3.63) is 68.7 Å². The quantitative estimate of drug-likeness (QED) is 0.689. The lowest BCUT2D eigenvalue weighted by Gasteiger charge is -2.06. The molecule has 0 heterocycles. The van der Waals surface area contributed by atoms with Crippen LogP contribution in [0.4, 0.5) is 0 Å². The number of benzene rings is 2. The molecule has 0 spiro atoms. The van der Waals surface area contributed by atoms with Gasteiger partial charge in [0.15, 0.2) is 5.78 Å². The normalized spacial score (nSPS) is 10.6. The van der Waals surface area contributed by atoms with Gasteiger partial charge in [-0.25, -0.2) is 0 Å². The van der Waals surface area contributed by atoms with Crippen molar-refractivity contribution in [1.29, 1.82) is 0 Å². The third kappa shape index (κ3) is 3.84. The van der Waals surface area contributed by atoms with Crippen molar-refractivity contribution < 1.29 is 4.79 Å². The van der Waals surface area contributed by atoms with Gasteiger partial charge in [-0.15, -0.1) is 0 Å². The predicted octanol–water partition coefficient (Wildman–Crippen LogP) is 5.43. The lowest BCUT2D eigenvalue weighted by molar-refractivity contribution is 0.0983. The molecule has 0 saturated carbocycles. The Bertz CT molecular complexity index is 627. The Morgan fingerprint density at radius 1 is 1.00 bits per heavy atom. The summed E-state index contributed by atoms with van der Waals surface area (Å²) >= 11 is 11.9. The largest absolute Gasteiger partial charge is 0.294 e. The first-order valence-electron chi connectivity index (χ1n) is 6.51. The summed E-state index contributed by atoms with van der Waals surface area (Å²) in [5, 5.41) is 0.962. The van der Waals surface area contributed by atoms with E-state index in [1.54, 1.807) is 18.2 Å². The second-order valence-corrected chi connectivity index (χ2v) is 5.89. The topological polar surface area (TPSA) is 17.1 Å². The lowest BCUT2D eigenvalue weighted by Crippen LogP contribution is -2.02. The number of halogens is 2. The van der Waals surface area contributed by atoms with Crippen molar-refractivity contribution in [3.8, 4) is 0 Å². The maximum Gasteiger partial charge on any atom is 0.164 e. The summed E-state index contributed by atoms with van der Waals surface area (Å²) in [5.74, 6) is 0.0471. The Morgan fingerprint density at radius 3 is 2.25 bits per heavy atom. The minimum Gasteiger partial charge on any atom is -0.294 e. The molecule has 1 nitrogen and oxygen atoms in total. The van der Waals surface area contributed by atoms with Gasteiger partial charge >= 0.3 is 0 Å². The zero-order valence-corrected chi connectivity index (χ0v) is 13.1. The van der Waals surface area contributed by atoms with Crippen LogP contribution in [0.5, 0.6) is 0 Å². The molecular weight excluding hydrogens is 291 g/mol. The van der Waals surface area contributed by atoms with E-state index >= 15 is 0 Å². The molecule has 0 aliphatic carbocycles. The molecule has 0 aliphatic rings. The van der Waals surface area contributed by atoms with Gasteiger partial charge in [-0.3, -0.25) is 4.79 Å². The highest BCUT2D eigenvalue weighted by Crippen LogP contribution is 2.23. The molecule has 0 bridgehead atoms. The minimum absolute atomic E-state index is 0.0471. The van der Waals surface area contributed by atoms with Gasteiger partial charge in [0.2, 0.25) is 0 Å². The van der Waals surface area contributed by atoms with Gasteiger partial charge in [-0.1, -0.05) is 52.5 Å². The van der Waals surface area contributed by atoms with Crippen LogP contribution < -0.4 is 0 Å². The fraction of sp³-hybridized carbons (Fsp3) is 0.235. The van der Waals surface area contributed by atoms with Crippen molar-refractivity contribution in [3.63, 3.8) is 0 Å². The molecule has 104 valence electrons. The highest BCUT2D eigenvalue weighted by molar-refractivity contribution is 6.36. The standard InChI is InChI=1S/C17H16Cl2O/c1-11-7-12(2)9-13(8-11)3-6-17(20)15-5-4-14(18)10-16(15)19/h4-5,7-10H,3,6H2,1-2H3. The monoisotopic (exact) mass is 306 g/mol. The molecule has 0 unspecified atom stereocenters. The highest BCUT2D eigenvalue weighted by atomic mass is 35.5. The average Bonchev–Trinajstić information content (AvgIpc) is 2.35. The molecule has 2 aromatic rings. The van der Waals surface area contributed by atoms with Crippen LogP contribution in [0.25, 0.3) is 0 Å². The molecule has 0 N–H and O–H groups in total. The molecule has 0 aromatic heterocycles. The zero-order valence-electron chi connectivity index (χ0n) is 11.5. The van der Waals surface area contributed by atoms with Gasteiger partial charge in [0.1, 0.15) is 0 Å². The van der Waals surface area contributed by atoms with Gasteiger partial charge in [-0.05, 0) is 44.0 Å². The van der Waals surface area contributed by atoms with Crippen molar-refractivity contribution in [2.75, 3.05) is 0 Å². The van der Waals surface area contributed by atoms with E-state index in [1.807, 2.05) is 0 Å². The maximum atomic E-state index is 12.2. The first kappa shape index (κ1) is 15.1. The van der Waals surface area contributed by atoms with Gasteiger partial charge in [0.05, 0.1) is 5.02 Å². The summed E-state index contributed by atoms with van der Waals surface area (Å²) in [4.78, 5) is 12.2. The second kappa shape index (κ2) is 6.43. The van der Waals surface area contributed by atoms with Crippen molar-refractivity contribution in [2.45, 2.75) is 26.7 Å². The number of rotatable bonds is 4. The molecule has 0 amide bonds. The first-order chi connectivity index (χ1) is 9.45. The fourth-order valence-corrected chi connectivity index (χ4v) is 2.84. The fourth-order valence-electron chi connectivity index (χ4n) is 2.32. The Morgan fingerprint density at radius 2 is 1.65 bits per heavy atom. The van der Waals surface area contributed by atoms with Crippen LogP contribution in [0.1, 0.15) is 33.5 Å². The smallest absolute Gasteiger partial charge is 0.164 e. The third-order valence-electron chi connectivity index (χ3n) is 3.15. The Balaban J connectivity index is 2.08. The van der Waals surface area contributed by atoms with E-state index < -0.39 is 0 Å². The van der Waals surface area contributed by atoms with Gasteiger partial charge in [-0.2, -0.15) is 0 Å². The van der Waals surface area contributed by atoms with Gasteiger partial charge in [0.25, 0.3) is 0 Å². The molecule has 0 radical (unpaired) electrons. The van der Waals surface area contributed by atoms with Gasteiger partial charge in [0, 0.05) is 17.0 Å². The Hall–Kier alpha value is -1.31. The van der Waals surface area contributed by atoms with Crippen LogP contribution in [0, 0.1) is 13.8 Å². The summed E-state index contributed by atoms with van der Waals surface area (Å²) in [6, 6.07) is 11.3. The zero-order chi connectivity index (χ0) is 14.7. The van der Waals surface area contributed by atoms with Crippen LogP contribution in [0.2, 0.25) is 10.0 Å². The Labute approximate surface area is 129 Å². The van der Waals surface area contributed by atoms with E-state index in [2.05, 4.69) is 32.0 Å². The first-order valence-corrected chi connectivity index (χ1v) is 7.27. The number of carbonyl (C=O) groups is 1. The number of hydrogen-bond acceptors (Lipinski definition) is 1. The molecule has 0 fully saturated rings. The summed E-state index contributed by atoms with van der Waals surface area (Å²) in [7, 11) is 0. The number of aryl methyl sites for hydroxylation is 3. The molecule has 2 aromatic carbocycles. The van der Waals surface area contributed by atoms with Crippen LogP contribution in [-0.2, 0) is 6.42 Å². The van der Waals surface area contributed by atoms with Crippen LogP contribution >= 0.6 is 23.2 Å². The SMILES string of the molecule is Cc1cc(C)cc(CCC(=O)c2ccc(Cl)cc2Cl)c1. The van der Waals surface area contributed by atoms with E-state index in [4.69, 9.17) is 23.2 Å². The molecule has 2 rings (SSSR count). The van der Waals surface area contributed by atoms with E-state index in [1.165, 1.54) is 16.7 Å². The average molecular weight is 307 g/mol. The van der Waals surface area contributed by atoms with Crippen molar-refractivity contribution in [1.82, 2.24) is 0 Å². The lowest BCUT2D eigenvalue weighted by atomic mass is 10.00. The molecule has 3 heteroatoms. The highest BCUT2D eigenvalue weighted by Gasteiger charge is 2.11. The van der Waals surface area contributed by atoms with Crippen LogP contribution in [0.3, 0.4) is 0 Å². The number of Topliss-reactive ketones (excluding diaryl/α,β-unsaturated/α-hetero) is 1. The number of carbonyl (C=O) groups excluding carboxylic acids is 1. The van der Waals surface area contributed by atoms with Gasteiger partial charge < -0.3 is 0 Å².